The molecule has 1 amide bonds. The number of unbranched alkanes of at least 4 members (excludes halogenated alkanes) is 2. The van der Waals surface area contributed by atoms with Crippen molar-refractivity contribution in [1.82, 2.24) is 25.1 Å². The molecular weight excluding hydrogens is 510 g/mol. The molecule has 2 aromatic rings. The number of imidazole rings is 1. The van der Waals surface area contributed by atoms with E-state index in [0.29, 0.717) is 30.7 Å². The number of ketones is 1. The molecular formula is C34H47N5O2. The van der Waals surface area contributed by atoms with Crippen LogP contribution in [0.5, 0.6) is 0 Å². The lowest BCUT2D eigenvalue weighted by Gasteiger charge is -2.33. The highest BCUT2D eigenvalue weighted by Crippen LogP contribution is 2.60. The molecule has 3 fully saturated rings. The van der Waals surface area contributed by atoms with Crippen LogP contribution in [0.2, 0.25) is 0 Å². The molecule has 1 saturated carbocycles. The number of aromatic nitrogens is 2. The minimum atomic E-state index is -0.123. The lowest BCUT2D eigenvalue weighted by molar-refractivity contribution is -0.124. The van der Waals surface area contributed by atoms with E-state index in [1.54, 1.807) is 0 Å². The number of hydrogen-bond acceptors (Lipinski definition) is 5. The first-order valence-corrected chi connectivity index (χ1v) is 16.5. The first-order valence-electron chi connectivity index (χ1n) is 16.5. The first-order chi connectivity index (χ1) is 20.1. The van der Waals surface area contributed by atoms with Crippen LogP contribution in [0.3, 0.4) is 0 Å². The second-order valence-electron chi connectivity index (χ2n) is 13.6. The van der Waals surface area contributed by atoms with E-state index in [4.69, 9.17) is 4.98 Å². The second-order valence-corrected chi connectivity index (χ2v) is 13.6. The Labute approximate surface area is 244 Å². The lowest BCUT2D eigenvalue weighted by atomic mass is 9.87. The normalized spacial score (nSPS) is 33.9. The van der Waals surface area contributed by atoms with Gasteiger partial charge in [0.2, 0.25) is 5.91 Å². The molecule has 1 aliphatic carbocycles. The van der Waals surface area contributed by atoms with E-state index in [9.17, 15) is 9.59 Å². The number of carbonyl (C=O) groups is 2. The fourth-order valence-corrected chi connectivity index (χ4v) is 8.65. The van der Waals surface area contributed by atoms with Gasteiger partial charge in [-0.3, -0.25) is 14.5 Å². The number of aromatic amines is 1. The Bertz CT molecular complexity index is 1280. The highest BCUT2D eigenvalue weighted by Gasteiger charge is 2.58. The number of rotatable bonds is 7. The summed E-state index contributed by atoms with van der Waals surface area (Å²) in [5.41, 5.74) is 5.58. The van der Waals surface area contributed by atoms with E-state index in [1.807, 2.05) is 13.1 Å². The van der Waals surface area contributed by atoms with Gasteiger partial charge < -0.3 is 15.2 Å². The lowest BCUT2D eigenvalue weighted by Crippen LogP contribution is -2.38. The number of nitrogens with one attached hydrogen (secondary N) is 2. The van der Waals surface area contributed by atoms with E-state index in [-0.39, 0.29) is 23.3 Å². The molecule has 5 atom stereocenters. The Morgan fingerprint density at radius 2 is 1.88 bits per heavy atom. The molecule has 8 rings (SSSR count). The third-order valence-corrected chi connectivity index (χ3v) is 11.2. The zero-order chi connectivity index (χ0) is 28.0. The molecule has 41 heavy (non-hydrogen) atoms. The third-order valence-electron chi connectivity index (χ3n) is 11.2. The minimum Gasteiger partial charge on any atom is -0.346 e. The molecule has 7 heteroatoms. The summed E-state index contributed by atoms with van der Waals surface area (Å²) < 4.78 is 0. The summed E-state index contributed by atoms with van der Waals surface area (Å²) in [5.74, 6) is 1.57. The molecule has 2 saturated heterocycles. The third kappa shape index (κ3) is 5.18. The molecule has 8 bridgehead atoms. The minimum absolute atomic E-state index is 0.123. The Morgan fingerprint density at radius 3 is 2.73 bits per heavy atom. The molecule has 6 aliphatic rings. The molecule has 6 heterocycles. The predicted octanol–water partition coefficient (Wildman–Crippen LogP) is 6.25. The van der Waals surface area contributed by atoms with Crippen molar-refractivity contribution >= 4 is 11.7 Å². The van der Waals surface area contributed by atoms with Gasteiger partial charge in [-0.15, -0.1) is 0 Å². The van der Waals surface area contributed by atoms with Crippen molar-refractivity contribution in [1.29, 1.82) is 0 Å². The van der Waals surface area contributed by atoms with Gasteiger partial charge in [0.15, 0.2) is 0 Å². The van der Waals surface area contributed by atoms with Crippen molar-refractivity contribution in [3.05, 3.63) is 41.3 Å². The zero-order valence-electron chi connectivity index (χ0n) is 24.8. The van der Waals surface area contributed by atoms with Crippen LogP contribution in [0.15, 0.2) is 24.4 Å². The number of hydrogen-bond donors (Lipinski definition) is 2. The molecule has 1 spiro atoms. The number of benzene rings is 1. The summed E-state index contributed by atoms with van der Waals surface area (Å²) in [6.07, 6.45) is 15.4. The highest BCUT2D eigenvalue weighted by molar-refractivity contribution is 5.83. The largest absolute Gasteiger partial charge is 0.346 e. The van der Waals surface area contributed by atoms with E-state index in [1.165, 1.54) is 55.5 Å². The van der Waals surface area contributed by atoms with Gasteiger partial charge in [0.25, 0.3) is 0 Å². The van der Waals surface area contributed by atoms with Gasteiger partial charge >= 0.3 is 0 Å². The average Bonchev–Trinajstić information content (AvgIpc) is 3.30. The first kappa shape index (κ1) is 27.3. The van der Waals surface area contributed by atoms with Crippen LogP contribution in [0.4, 0.5) is 0 Å². The monoisotopic (exact) mass is 557 g/mol. The van der Waals surface area contributed by atoms with Crippen molar-refractivity contribution in [3.8, 4) is 11.3 Å². The zero-order valence-corrected chi connectivity index (χ0v) is 24.8. The van der Waals surface area contributed by atoms with Gasteiger partial charge in [-0.25, -0.2) is 4.98 Å². The number of H-pyrrole nitrogens is 1. The Morgan fingerprint density at radius 1 is 1.05 bits per heavy atom. The van der Waals surface area contributed by atoms with Crippen LogP contribution < -0.4 is 5.32 Å². The SMILES string of the molecule is CCC(=O)CCCCC[C@@H]1NC(=O)[C@H]2CC23CCN(CCCCN2C4CCC2c2c(cccc24)-c2cnc1[nH]2)CC3. The topological polar surface area (TPSA) is 81.3 Å². The van der Waals surface area contributed by atoms with Gasteiger partial charge in [-0.05, 0) is 101 Å². The molecule has 0 radical (unpaired) electrons. The van der Waals surface area contributed by atoms with Crippen LogP contribution in [0.25, 0.3) is 11.3 Å². The van der Waals surface area contributed by atoms with Crippen LogP contribution in [-0.2, 0) is 9.59 Å². The Balaban J connectivity index is 1.15. The van der Waals surface area contributed by atoms with E-state index in [0.717, 1.165) is 69.6 Å². The number of nitrogens with zero attached hydrogens (tertiary/aromatic N) is 3. The number of fused-ring (bicyclic) bond motifs is 8. The maximum absolute atomic E-state index is 13.6. The van der Waals surface area contributed by atoms with Gasteiger partial charge in [-0.1, -0.05) is 38.0 Å². The van der Waals surface area contributed by atoms with Crippen molar-refractivity contribution in [2.75, 3.05) is 26.2 Å². The number of carbonyl (C=O) groups excluding carboxylic acids is 2. The summed E-state index contributed by atoms with van der Waals surface area (Å²) in [5, 5.41) is 3.45. The van der Waals surface area contributed by atoms with Crippen molar-refractivity contribution in [2.45, 2.75) is 109 Å². The summed E-state index contributed by atoms with van der Waals surface area (Å²) in [7, 11) is 0. The molecule has 1 aromatic heterocycles. The quantitative estimate of drug-likeness (QED) is 0.393. The summed E-state index contributed by atoms with van der Waals surface area (Å²) >= 11 is 0. The fourth-order valence-electron chi connectivity index (χ4n) is 8.65. The summed E-state index contributed by atoms with van der Waals surface area (Å²) in [6.45, 7) is 6.58. The van der Waals surface area contributed by atoms with Crippen LogP contribution in [0, 0.1) is 11.3 Å². The fraction of sp³-hybridized carbons (Fsp3) is 0.676. The standard InChI is InChI=1S/C34H47N5O2/c1-2-23(40)9-4-3-5-12-27-32-35-22-28(36-32)24-10-8-11-25-29-13-14-30(31(24)25)39(29)18-7-6-17-38-19-15-34(16-20-38)21-26(34)33(41)37-27/h8,10-11,22,26-27,29-30H,2-7,9,12-21H2,1H3,(H,35,36)(H,37,41)/t26-,27+,29?,30?/m1/s1. The van der Waals surface area contributed by atoms with Crippen molar-refractivity contribution < 1.29 is 9.59 Å². The number of amides is 1. The molecule has 2 N–H and O–H groups in total. The maximum atomic E-state index is 13.6. The molecule has 1 aromatic carbocycles. The molecule has 7 nitrogen and oxygen atoms in total. The molecule has 5 aliphatic heterocycles. The molecule has 220 valence electrons. The van der Waals surface area contributed by atoms with Crippen molar-refractivity contribution in [3.63, 3.8) is 0 Å². The van der Waals surface area contributed by atoms with Crippen LogP contribution >= 0.6 is 0 Å². The van der Waals surface area contributed by atoms with Crippen molar-refractivity contribution in [2.24, 2.45) is 11.3 Å². The maximum Gasteiger partial charge on any atom is 0.224 e. The average molecular weight is 558 g/mol. The highest BCUT2D eigenvalue weighted by atomic mass is 16.2. The van der Waals surface area contributed by atoms with Gasteiger partial charge in [0.05, 0.1) is 17.9 Å². The Kier molecular flexibility index (Phi) is 7.53. The van der Waals surface area contributed by atoms with Crippen LogP contribution in [-0.4, -0.2) is 57.6 Å². The van der Waals surface area contributed by atoms with Gasteiger partial charge in [-0.2, -0.15) is 0 Å². The molecule has 3 unspecified atom stereocenters. The smallest absolute Gasteiger partial charge is 0.224 e. The summed E-state index contributed by atoms with van der Waals surface area (Å²) in [4.78, 5) is 39.4. The van der Waals surface area contributed by atoms with Gasteiger partial charge in [0, 0.05) is 36.4 Å². The Hall–Kier alpha value is -2.51. The predicted molar refractivity (Wildman–Crippen MR) is 160 cm³/mol. The number of Topliss-reactive ketones (excluding diaryl/α,β-unsaturated/α-hetero) is 1. The summed E-state index contributed by atoms with van der Waals surface area (Å²) in [6, 6.07) is 7.75. The van der Waals surface area contributed by atoms with E-state index >= 15 is 0 Å². The van der Waals surface area contributed by atoms with Gasteiger partial charge in [0.1, 0.15) is 11.6 Å². The van der Waals surface area contributed by atoms with E-state index < -0.39 is 0 Å². The second kappa shape index (κ2) is 11.3. The van der Waals surface area contributed by atoms with Crippen LogP contribution in [0.1, 0.15) is 125 Å². The van der Waals surface area contributed by atoms with E-state index in [2.05, 4.69) is 38.3 Å². The number of piperidine rings is 1.